The fourth-order valence-electron chi connectivity index (χ4n) is 6.15. The van der Waals surface area contributed by atoms with Crippen molar-refractivity contribution in [2.45, 2.75) is 19.3 Å². The zero-order valence-corrected chi connectivity index (χ0v) is 31.1. The molecule has 51 heavy (non-hydrogen) atoms. The molecule has 0 aromatic heterocycles. The summed E-state index contributed by atoms with van der Waals surface area (Å²) in [5, 5.41) is 42.4. The van der Waals surface area contributed by atoms with Gasteiger partial charge in [-0.15, -0.1) is 20.5 Å². The van der Waals surface area contributed by atoms with Crippen LogP contribution in [-0.2, 0) is 5.41 Å². The van der Waals surface area contributed by atoms with Gasteiger partial charge >= 0.3 is 0 Å². The van der Waals surface area contributed by atoms with E-state index in [1.165, 1.54) is 0 Å². The van der Waals surface area contributed by atoms with Crippen LogP contribution in [0.15, 0.2) is 126 Å². The largest absolute Gasteiger partial charge is 0.285 e. The average molecular weight is 683 g/mol. The Bertz CT molecular complexity index is 1900. The van der Waals surface area contributed by atoms with Gasteiger partial charge in [0.2, 0.25) is 0 Å². The third-order valence-corrected chi connectivity index (χ3v) is 8.06. The Kier molecular flexibility index (Phi) is 11.1. The molecule has 0 spiro atoms. The highest BCUT2D eigenvalue weighted by Crippen LogP contribution is 2.58. The van der Waals surface area contributed by atoms with Crippen LogP contribution in [-0.4, -0.2) is 76.4 Å². The molecular weight excluding hydrogens is 637 g/mol. The van der Waals surface area contributed by atoms with Gasteiger partial charge in [-0.2, -0.15) is 0 Å². The second-order valence-electron chi connectivity index (χ2n) is 12.9. The molecule has 0 heterocycles. The van der Waals surface area contributed by atoms with Gasteiger partial charge in [0.15, 0.2) is 0 Å². The predicted molar refractivity (Wildman–Crippen MR) is 206 cm³/mol. The van der Waals surface area contributed by atoms with E-state index in [9.17, 15) is 0 Å². The van der Waals surface area contributed by atoms with Crippen LogP contribution in [0.4, 0.5) is 22.7 Å². The summed E-state index contributed by atoms with van der Waals surface area (Å²) in [5.41, 5.74) is 10.5. The van der Waals surface area contributed by atoms with Gasteiger partial charge in [-0.05, 0) is 95.8 Å². The highest BCUT2D eigenvalue weighted by atomic mass is 15.5. The average Bonchev–Trinajstić information content (AvgIpc) is 3.38. The zero-order chi connectivity index (χ0) is 36.7. The lowest BCUT2D eigenvalue weighted by atomic mass is 9.67. The van der Waals surface area contributed by atoms with E-state index in [1.54, 1.807) is 20.0 Å². The van der Waals surface area contributed by atoms with Crippen LogP contribution in [0.5, 0.6) is 0 Å². The first kappa shape index (κ1) is 36.2. The molecule has 5 rings (SSSR count). The number of fused-ring (bicyclic) bond motifs is 3. The third-order valence-electron chi connectivity index (χ3n) is 8.06. The fourth-order valence-corrected chi connectivity index (χ4v) is 6.15. The van der Waals surface area contributed by atoms with E-state index in [-0.39, 0.29) is 0 Å². The van der Waals surface area contributed by atoms with E-state index in [0.29, 0.717) is 0 Å². The van der Waals surface area contributed by atoms with Crippen LogP contribution in [0.1, 0.15) is 47.2 Å². The Morgan fingerprint density at radius 2 is 0.824 bits per heavy atom. The highest BCUT2D eigenvalue weighted by molar-refractivity contribution is 5.89. The molecular formula is C39H46N12. The summed E-state index contributed by atoms with van der Waals surface area (Å²) in [5.74, 6) is 0. The maximum absolute atomic E-state index is 4.59. The molecule has 0 radical (unpaired) electrons. The van der Waals surface area contributed by atoms with Crippen LogP contribution in [0.2, 0.25) is 0 Å². The predicted octanol–water partition coefficient (Wildman–Crippen LogP) is 10.4. The lowest BCUT2D eigenvalue weighted by Gasteiger charge is -2.34. The third kappa shape index (κ3) is 7.75. The number of rotatable bonds is 12. The Morgan fingerprint density at radius 3 is 1.18 bits per heavy atom. The molecule has 1 aliphatic rings. The number of hydrogen-bond donors (Lipinski definition) is 0. The summed E-state index contributed by atoms with van der Waals surface area (Å²) in [7, 11) is 14.9. The van der Waals surface area contributed by atoms with E-state index in [1.807, 2.05) is 107 Å². The summed E-state index contributed by atoms with van der Waals surface area (Å²) < 4.78 is 0. The second-order valence-corrected chi connectivity index (χ2v) is 12.9. The molecule has 0 unspecified atom stereocenters. The molecule has 1 aliphatic carbocycles. The molecule has 0 bridgehead atoms. The van der Waals surface area contributed by atoms with Crippen molar-refractivity contribution in [3.8, 4) is 11.1 Å². The van der Waals surface area contributed by atoms with Crippen molar-refractivity contribution in [3.05, 3.63) is 118 Å². The van der Waals surface area contributed by atoms with Crippen molar-refractivity contribution in [3.63, 3.8) is 0 Å². The van der Waals surface area contributed by atoms with Gasteiger partial charge in [0, 0.05) is 67.5 Å². The van der Waals surface area contributed by atoms with Gasteiger partial charge in [-0.1, -0.05) is 69.5 Å². The lowest BCUT2D eigenvalue weighted by molar-refractivity contribution is 0.408. The van der Waals surface area contributed by atoms with Crippen LogP contribution >= 0.6 is 0 Å². The van der Waals surface area contributed by atoms with Crippen molar-refractivity contribution < 1.29 is 0 Å². The molecule has 0 saturated carbocycles. The van der Waals surface area contributed by atoms with E-state index in [2.05, 4.69) is 102 Å². The van der Waals surface area contributed by atoms with Crippen molar-refractivity contribution in [1.29, 1.82) is 0 Å². The molecule has 0 atom stereocenters. The smallest absolute Gasteiger partial charge is 0.0946 e. The molecule has 0 aliphatic heterocycles. The number of allylic oxidation sites excluding steroid dienone is 2. The summed E-state index contributed by atoms with van der Waals surface area (Å²) >= 11 is 0. The molecule has 4 aromatic rings. The fraction of sp³-hybridized carbons (Fsp3) is 0.282. The van der Waals surface area contributed by atoms with E-state index < -0.39 is 5.41 Å². The SMILES string of the molecule is C/C=C\c1cc(C2(c3ccc(N=NN(C)C)c(/C=C\C)c3)c3cc(N=NN(C)C)ccc3-c3ccc(N=NN(C)C)cc32)ccc1N=NN(C)C. The van der Waals surface area contributed by atoms with Crippen LogP contribution in [0.3, 0.4) is 0 Å². The van der Waals surface area contributed by atoms with Crippen molar-refractivity contribution in [2.75, 3.05) is 56.4 Å². The second kappa shape index (κ2) is 15.7. The van der Waals surface area contributed by atoms with E-state index >= 15 is 0 Å². The molecule has 0 saturated heterocycles. The maximum atomic E-state index is 4.59. The molecule has 4 aromatic carbocycles. The Balaban J connectivity index is 1.95. The molecule has 0 fully saturated rings. The Morgan fingerprint density at radius 1 is 0.451 bits per heavy atom. The first-order valence-electron chi connectivity index (χ1n) is 16.7. The standard InChI is InChI=1S/C39H46N12/c1-11-13-27-23-29(15-21-37(27)42-46-50(7)8)39(30-16-22-38(43-47-51(9)10)28(24-30)14-12-2)35-25-31(40-44-48(3)4)17-19-33(35)34-20-18-32(26-36(34)39)41-45-49(5)6/h11-26H,1-10H3/b13-11-,14-12-,44-40?,45-41?,46-42?,47-43?. The van der Waals surface area contributed by atoms with Gasteiger partial charge in [0.1, 0.15) is 0 Å². The summed E-state index contributed by atoms with van der Waals surface area (Å²) in [6, 6.07) is 25.4. The Hall–Kier alpha value is -6.04. The first-order chi connectivity index (χ1) is 24.5. The Labute approximate surface area is 300 Å². The van der Waals surface area contributed by atoms with Crippen LogP contribution < -0.4 is 0 Å². The molecule has 262 valence electrons. The van der Waals surface area contributed by atoms with Gasteiger partial charge < -0.3 is 0 Å². The van der Waals surface area contributed by atoms with Crippen molar-refractivity contribution in [2.24, 2.45) is 41.4 Å². The molecule has 12 heteroatoms. The van der Waals surface area contributed by atoms with Crippen molar-refractivity contribution in [1.82, 2.24) is 20.0 Å². The van der Waals surface area contributed by atoms with Gasteiger partial charge in [-0.3, -0.25) is 20.0 Å². The number of nitrogens with zero attached hydrogens (tertiary/aromatic N) is 12. The number of hydrogen-bond acceptors (Lipinski definition) is 8. The summed E-state index contributed by atoms with van der Waals surface area (Å²) in [6.45, 7) is 4.01. The first-order valence-corrected chi connectivity index (χ1v) is 16.7. The summed E-state index contributed by atoms with van der Waals surface area (Å²) in [4.78, 5) is 0. The van der Waals surface area contributed by atoms with Gasteiger partial charge in [0.25, 0.3) is 0 Å². The lowest BCUT2D eigenvalue weighted by Crippen LogP contribution is -2.29. The normalized spacial score (nSPS) is 15.6. The van der Waals surface area contributed by atoms with Gasteiger partial charge in [-0.25, -0.2) is 0 Å². The van der Waals surface area contributed by atoms with E-state index in [4.69, 9.17) is 0 Å². The van der Waals surface area contributed by atoms with Crippen LogP contribution in [0, 0.1) is 0 Å². The highest BCUT2D eigenvalue weighted by Gasteiger charge is 2.47. The molecule has 0 N–H and O–H groups in total. The quantitative estimate of drug-likeness (QED) is 0.0963. The molecule has 0 amide bonds. The maximum Gasteiger partial charge on any atom is 0.0946 e. The zero-order valence-electron chi connectivity index (χ0n) is 31.1. The monoisotopic (exact) mass is 682 g/mol. The summed E-state index contributed by atoms with van der Waals surface area (Å²) in [6.07, 6.45) is 8.17. The topological polar surface area (TPSA) is 112 Å². The van der Waals surface area contributed by atoms with Crippen molar-refractivity contribution >= 4 is 34.9 Å². The minimum atomic E-state index is -0.820. The van der Waals surface area contributed by atoms with Crippen LogP contribution in [0.25, 0.3) is 23.3 Å². The minimum Gasteiger partial charge on any atom is -0.285 e. The van der Waals surface area contributed by atoms with Gasteiger partial charge in [0.05, 0.1) is 28.2 Å². The molecule has 12 nitrogen and oxygen atoms in total. The van der Waals surface area contributed by atoms with E-state index in [0.717, 1.165) is 67.3 Å². The number of benzene rings is 4. The minimum absolute atomic E-state index is 0.738.